The molecule has 0 aliphatic heterocycles. The summed E-state index contributed by atoms with van der Waals surface area (Å²) < 4.78 is 2.62. The van der Waals surface area contributed by atoms with E-state index in [0.29, 0.717) is 5.82 Å². The number of fused-ring (bicyclic) bond motifs is 1. The highest BCUT2D eigenvalue weighted by atomic mass is 79.9. The van der Waals surface area contributed by atoms with E-state index in [1.807, 2.05) is 31.4 Å². The van der Waals surface area contributed by atoms with Gasteiger partial charge in [0.05, 0.1) is 10.2 Å². The number of nitrogens with two attached hydrogens (primary N) is 1. The Balaban J connectivity index is 2.35. The number of H-pyrrole nitrogens is 1. The van der Waals surface area contributed by atoms with Crippen LogP contribution in [0.25, 0.3) is 22.2 Å². The van der Waals surface area contributed by atoms with Gasteiger partial charge >= 0.3 is 0 Å². The number of nitrogens with one attached hydrogen (secondary N) is 1. The normalized spacial score (nSPS) is 11.2. The van der Waals surface area contributed by atoms with Crippen LogP contribution in [0.5, 0.6) is 0 Å². The van der Waals surface area contributed by atoms with E-state index in [0.717, 1.165) is 26.6 Å². The molecule has 0 aliphatic rings. The minimum absolute atomic E-state index is 0.507. The summed E-state index contributed by atoms with van der Waals surface area (Å²) in [5.74, 6) is 0.507. The molecule has 1 aromatic carbocycles. The van der Waals surface area contributed by atoms with Gasteiger partial charge in [-0.15, -0.1) is 0 Å². The minimum Gasteiger partial charge on any atom is -0.381 e. The number of hydrogen-bond acceptors (Lipinski definition) is 2. The summed E-state index contributed by atoms with van der Waals surface area (Å²) in [5.41, 5.74) is 8.99. The van der Waals surface area contributed by atoms with Crippen LogP contribution >= 0.6 is 15.9 Å². The van der Waals surface area contributed by atoms with Crippen molar-refractivity contribution in [2.24, 2.45) is 7.05 Å². The number of para-hydroxylation sites is 1. The maximum Gasteiger partial charge on any atom is 0.160 e. The third kappa shape index (κ3) is 1.46. The van der Waals surface area contributed by atoms with Crippen molar-refractivity contribution >= 4 is 32.7 Å². The number of nitrogen functional groups attached to an aromatic ring is 1. The Morgan fingerprint density at radius 1 is 1.35 bits per heavy atom. The van der Waals surface area contributed by atoms with Crippen molar-refractivity contribution in [3.05, 3.63) is 34.9 Å². The molecule has 0 atom stereocenters. The molecular weight excluding hydrogens is 280 g/mol. The second-order valence-electron chi connectivity index (χ2n) is 3.92. The maximum atomic E-state index is 5.80. The van der Waals surface area contributed by atoms with Crippen molar-refractivity contribution in [2.45, 2.75) is 0 Å². The first kappa shape index (κ1) is 10.4. The van der Waals surface area contributed by atoms with Crippen LogP contribution in [0.15, 0.2) is 34.9 Å². The molecule has 86 valence electrons. The molecule has 5 heteroatoms. The second-order valence-corrected chi connectivity index (χ2v) is 4.71. The van der Waals surface area contributed by atoms with E-state index < -0.39 is 0 Å². The summed E-state index contributed by atoms with van der Waals surface area (Å²) in [7, 11) is 1.89. The predicted molar refractivity (Wildman–Crippen MR) is 72.6 cm³/mol. The molecule has 0 radical (unpaired) electrons. The van der Waals surface area contributed by atoms with Gasteiger partial charge in [0.15, 0.2) is 5.82 Å². The number of aryl methyl sites for hydroxylation is 1. The smallest absolute Gasteiger partial charge is 0.160 e. The first-order chi connectivity index (χ1) is 8.18. The summed E-state index contributed by atoms with van der Waals surface area (Å²) in [6.45, 7) is 0. The number of halogens is 1. The van der Waals surface area contributed by atoms with Crippen LogP contribution in [-0.2, 0) is 7.05 Å². The second kappa shape index (κ2) is 3.63. The standard InChI is InChI=1S/C12H11BrN4/c1-17-11(10(13)12(14)16-17)8-6-15-9-5-3-2-4-7(8)9/h2-6,15H,1H3,(H2,14,16). The van der Waals surface area contributed by atoms with Crippen molar-refractivity contribution in [1.82, 2.24) is 14.8 Å². The molecule has 2 aromatic heterocycles. The average Bonchev–Trinajstić information content (AvgIpc) is 2.82. The van der Waals surface area contributed by atoms with E-state index in [1.54, 1.807) is 4.68 Å². The summed E-state index contributed by atoms with van der Waals surface area (Å²) in [6, 6.07) is 8.16. The molecule has 0 amide bonds. The van der Waals surface area contributed by atoms with Gasteiger partial charge in [0.1, 0.15) is 0 Å². The van der Waals surface area contributed by atoms with Crippen LogP contribution in [-0.4, -0.2) is 14.8 Å². The maximum absolute atomic E-state index is 5.80. The fourth-order valence-corrected chi connectivity index (χ4v) is 2.63. The first-order valence-corrected chi connectivity index (χ1v) is 6.02. The van der Waals surface area contributed by atoms with Crippen LogP contribution in [0.4, 0.5) is 5.82 Å². The highest BCUT2D eigenvalue weighted by Crippen LogP contribution is 2.36. The van der Waals surface area contributed by atoms with Crippen molar-refractivity contribution in [1.29, 1.82) is 0 Å². The highest BCUT2D eigenvalue weighted by Gasteiger charge is 2.16. The lowest BCUT2D eigenvalue weighted by molar-refractivity contribution is 0.780. The molecule has 0 aliphatic carbocycles. The van der Waals surface area contributed by atoms with Crippen LogP contribution in [0.1, 0.15) is 0 Å². The van der Waals surface area contributed by atoms with Gasteiger partial charge in [0.2, 0.25) is 0 Å². The molecule has 0 fully saturated rings. The molecule has 0 saturated heterocycles. The topological polar surface area (TPSA) is 59.6 Å². The lowest BCUT2D eigenvalue weighted by atomic mass is 10.1. The number of anilines is 1. The van der Waals surface area contributed by atoms with Crippen molar-refractivity contribution < 1.29 is 0 Å². The van der Waals surface area contributed by atoms with Gasteiger partial charge in [0, 0.05) is 29.7 Å². The Kier molecular flexibility index (Phi) is 2.22. The Labute approximate surface area is 107 Å². The van der Waals surface area contributed by atoms with Gasteiger partial charge < -0.3 is 10.7 Å². The van der Waals surface area contributed by atoms with Crippen molar-refractivity contribution in [3.63, 3.8) is 0 Å². The Bertz CT molecular complexity index is 696. The van der Waals surface area contributed by atoms with Gasteiger partial charge in [0.25, 0.3) is 0 Å². The summed E-state index contributed by atoms with van der Waals surface area (Å²) in [4.78, 5) is 3.25. The van der Waals surface area contributed by atoms with Gasteiger partial charge in [-0.05, 0) is 22.0 Å². The third-order valence-corrected chi connectivity index (χ3v) is 3.64. The lowest BCUT2D eigenvalue weighted by Gasteiger charge is -2.00. The molecule has 2 heterocycles. The Morgan fingerprint density at radius 2 is 2.12 bits per heavy atom. The number of nitrogens with zero attached hydrogens (tertiary/aromatic N) is 2. The number of hydrogen-bond donors (Lipinski definition) is 2. The number of aromatic amines is 1. The fraction of sp³-hybridized carbons (Fsp3) is 0.0833. The summed E-state index contributed by atoms with van der Waals surface area (Å²) in [5, 5.41) is 5.37. The van der Waals surface area contributed by atoms with Crippen LogP contribution in [0.3, 0.4) is 0 Å². The fourth-order valence-electron chi connectivity index (χ4n) is 2.08. The summed E-state index contributed by atoms with van der Waals surface area (Å²) >= 11 is 3.49. The van der Waals surface area contributed by atoms with Crippen LogP contribution < -0.4 is 5.73 Å². The van der Waals surface area contributed by atoms with Gasteiger partial charge in [-0.1, -0.05) is 18.2 Å². The van der Waals surface area contributed by atoms with Crippen molar-refractivity contribution in [2.75, 3.05) is 5.73 Å². The van der Waals surface area contributed by atoms with Crippen molar-refractivity contribution in [3.8, 4) is 11.3 Å². The molecule has 3 N–H and O–H groups in total. The Morgan fingerprint density at radius 3 is 2.82 bits per heavy atom. The summed E-state index contributed by atoms with van der Waals surface area (Å²) in [6.07, 6.45) is 1.98. The zero-order chi connectivity index (χ0) is 12.0. The number of rotatable bonds is 1. The quantitative estimate of drug-likeness (QED) is 0.724. The molecule has 17 heavy (non-hydrogen) atoms. The van der Waals surface area contributed by atoms with Gasteiger partial charge in [-0.3, -0.25) is 4.68 Å². The van der Waals surface area contributed by atoms with Gasteiger partial charge in [-0.2, -0.15) is 5.10 Å². The third-order valence-electron chi connectivity index (χ3n) is 2.86. The SMILES string of the molecule is Cn1nc(N)c(Br)c1-c1c[nH]c2ccccc12. The lowest BCUT2D eigenvalue weighted by Crippen LogP contribution is -1.94. The Hall–Kier alpha value is -1.75. The molecule has 3 aromatic rings. The average molecular weight is 291 g/mol. The van der Waals surface area contributed by atoms with Crippen LogP contribution in [0, 0.1) is 0 Å². The monoisotopic (exact) mass is 290 g/mol. The van der Waals surface area contributed by atoms with E-state index in [2.05, 4.69) is 32.1 Å². The van der Waals surface area contributed by atoms with Gasteiger partial charge in [-0.25, -0.2) is 0 Å². The molecule has 0 spiro atoms. The van der Waals surface area contributed by atoms with E-state index in [4.69, 9.17) is 5.73 Å². The zero-order valence-corrected chi connectivity index (χ0v) is 10.8. The van der Waals surface area contributed by atoms with E-state index in [-0.39, 0.29) is 0 Å². The highest BCUT2D eigenvalue weighted by molar-refractivity contribution is 9.10. The largest absolute Gasteiger partial charge is 0.381 e. The minimum atomic E-state index is 0.507. The first-order valence-electron chi connectivity index (χ1n) is 5.23. The molecule has 0 bridgehead atoms. The predicted octanol–water partition coefficient (Wildman–Crippen LogP) is 2.91. The molecule has 0 unspecified atom stereocenters. The van der Waals surface area contributed by atoms with E-state index >= 15 is 0 Å². The van der Waals surface area contributed by atoms with E-state index in [1.165, 1.54) is 0 Å². The van der Waals surface area contributed by atoms with E-state index in [9.17, 15) is 0 Å². The molecule has 0 saturated carbocycles. The van der Waals surface area contributed by atoms with Crippen LogP contribution in [0.2, 0.25) is 0 Å². The zero-order valence-electron chi connectivity index (χ0n) is 9.24. The molecular formula is C12H11BrN4. The number of benzene rings is 1. The molecule has 3 rings (SSSR count). The molecule has 4 nitrogen and oxygen atoms in total. The number of aromatic nitrogens is 3.